The number of aryl methyl sites for hydroxylation is 2. The predicted octanol–water partition coefficient (Wildman–Crippen LogP) is 3.65. The van der Waals surface area contributed by atoms with Gasteiger partial charge in [0.15, 0.2) is 0 Å². The molecule has 31 heavy (non-hydrogen) atoms. The average Bonchev–Trinajstić information content (AvgIpc) is 3.23. The molecule has 0 radical (unpaired) electrons. The largest absolute Gasteiger partial charge is 0.377 e. The van der Waals surface area contributed by atoms with E-state index in [0.717, 1.165) is 41.5 Å². The monoisotopic (exact) mass is 444 g/mol. The summed E-state index contributed by atoms with van der Waals surface area (Å²) in [5.74, 6) is -0.513. The van der Waals surface area contributed by atoms with Crippen molar-refractivity contribution in [3.05, 3.63) is 75.3 Å². The number of hydrogen-bond donors (Lipinski definition) is 1. The number of sulfonamides is 1. The number of hydrogen-bond acceptors (Lipinski definition) is 4. The van der Waals surface area contributed by atoms with Crippen LogP contribution in [0.25, 0.3) is 10.9 Å². The zero-order chi connectivity index (χ0) is 22.2. The third-order valence-corrected chi connectivity index (χ3v) is 7.59. The van der Waals surface area contributed by atoms with Crippen molar-refractivity contribution in [2.24, 2.45) is 0 Å². The van der Waals surface area contributed by atoms with Crippen molar-refractivity contribution in [1.29, 1.82) is 0 Å². The minimum Gasteiger partial charge on any atom is -0.377 e. The van der Waals surface area contributed by atoms with Gasteiger partial charge in [0.2, 0.25) is 10.0 Å². The highest BCUT2D eigenvalue weighted by Crippen LogP contribution is 2.23. The molecule has 4 rings (SSSR count). The van der Waals surface area contributed by atoms with Crippen LogP contribution in [0.15, 0.2) is 52.2 Å². The molecule has 0 spiro atoms. The minimum atomic E-state index is -3.95. The summed E-state index contributed by atoms with van der Waals surface area (Å²) < 4.78 is 46.9. The van der Waals surface area contributed by atoms with Crippen LogP contribution < -0.4 is 5.56 Å². The molecule has 0 saturated carbocycles. The number of pyridine rings is 1. The van der Waals surface area contributed by atoms with Crippen LogP contribution in [0.3, 0.4) is 0 Å². The fraction of sp³-hybridized carbons (Fsp3) is 0.348. The summed E-state index contributed by atoms with van der Waals surface area (Å²) in [5, 5.41) is 0.842. The van der Waals surface area contributed by atoms with Gasteiger partial charge in [-0.25, -0.2) is 12.8 Å². The minimum absolute atomic E-state index is 0.0180. The quantitative estimate of drug-likeness (QED) is 0.629. The van der Waals surface area contributed by atoms with Gasteiger partial charge in [-0.15, -0.1) is 0 Å². The first-order chi connectivity index (χ1) is 14.7. The molecule has 164 valence electrons. The number of benzene rings is 2. The molecule has 2 heterocycles. The van der Waals surface area contributed by atoms with Crippen LogP contribution in [0.5, 0.6) is 0 Å². The number of nitrogens with zero attached hydrogens (tertiary/aromatic N) is 1. The maximum absolute atomic E-state index is 13.3. The summed E-state index contributed by atoms with van der Waals surface area (Å²) in [6.45, 7) is 4.58. The van der Waals surface area contributed by atoms with Gasteiger partial charge in [-0.3, -0.25) is 4.79 Å². The Kier molecular flexibility index (Phi) is 5.96. The van der Waals surface area contributed by atoms with E-state index in [1.54, 1.807) is 6.07 Å². The summed E-state index contributed by atoms with van der Waals surface area (Å²) in [6.07, 6.45) is 1.38. The van der Waals surface area contributed by atoms with Crippen LogP contribution in [-0.2, 0) is 21.3 Å². The molecule has 2 aromatic carbocycles. The van der Waals surface area contributed by atoms with E-state index >= 15 is 0 Å². The number of aromatic amines is 1. The molecule has 1 N–H and O–H groups in total. The van der Waals surface area contributed by atoms with Crippen molar-refractivity contribution in [2.45, 2.75) is 44.2 Å². The molecule has 1 aliphatic rings. The van der Waals surface area contributed by atoms with Crippen molar-refractivity contribution in [1.82, 2.24) is 9.29 Å². The van der Waals surface area contributed by atoms with Gasteiger partial charge in [-0.05, 0) is 85.7 Å². The second-order valence-corrected chi connectivity index (χ2v) is 9.97. The number of H-pyrrole nitrogens is 1. The highest BCUT2D eigenvalue weighted by Gasteiger charge is 2.30. The molecule has 8 heteroatoms. The van der Waals surface area contributed by atoms with Gasteiger partial charge < -0.3 is 9.72 Å². The van der Waals surface area contributed by atoms with Crippen LogP contribution in [-0.4, -0.2) is 37.0 Å². The molecule has 0 unspecified atom stereocenters. The zero-order valence-corrected chi connectivity index (χ0v) is 18.3. The Morgan fingerprint density at radius 1 is 1.13 bits per heavy atom. The Balaban J connectivity index is 1.73. The summed E-state index contributed by atoms with van der Waals surface area (Å²) in [6, 6.07) is 10.3. The lowest BCUT2D eigenvalue weighted by Gasteiger charge is -2.25. The highest BCUT2D eigenvalue weighted by atomic mass is 32.2. The van der Waals surface area contributed by atoms with Gasteiger partial charge in [-0.1, -0.05) is 0 Å². The molecule has 0 bridgehead atoms. The number of halogens is 1. The third kappa shape index (κ3) is 4.56. The number of aromatic nitrogens is 1. The molecule has 6 nitrogen and oxygen atoms in total. The molecule has 1 aliphatic heterocycles. The first kappa shape index (κ1) is 21.7. The average molecular weight is 445 g/mol. The molecular weight excluding hydrogens is 419 g/mol. The summed E-state index contributed by atoms with van der Waals surface area (Å²) >= 11 is 0. The fourth-order valence-corrected chi connectivity index (χ4v) is 5.30. The Morgan fingerprint density at radius 3 is 2.52 bits per heavy atom. The zero-order valence-electron chi connectivity index (χ0n) is 17.5. The number of fused-ring (bicyclic) bond motifs is 1. The van der Waals surface area contributed by atoms with Crippen LogP contribution in [0.2, 0.25) is 0 Å². The Bertz CT molecular complexity index is 1260. The highest BCUT2D eigenvalue weighted by molar-refractivity contribution is 7.89. The normalized spacial score (nSPS) is 17.0. The van der Waals surface area contributed by atoms with Crippen LogP contribution >= 0.6 is 0 Å². The predicted molar refractivity (Wildman–Crippen MR) is 117 cm³/mol. The van der Waals surface area contributed by atoms with E-state index in [9.17, 15) is 17.6 Å². The van der Waals surface area contributed by atoms with Gasteiger partial charge in [0.1, 0.15) is 5.82 Å². The first-order valence-corrected chi connectivity index (χ1v) is 11.7. The van der Waals surface area contributed by atoms with Crippen molar-refractivity contribution < 1.29 is 17.5 Å². The van der Waals surface area contributed by atoms with E-state index in [2.05, 4.69) is 4.98 Å². The lowest BCUT2D eigenvalue weighted by molar-refractivity contribution is 0.0925. The van der Waals surface area contributed by atoms with E-state index in [1.807, 2.05) is 26.0 Å². The van der Waals surface area contributed by atoms with Gasteiger partial charge in [0.05, 0.1) is 11.0 Å². The molecule has 1 fully saturated rings. The van der Waals surface area contributed by atoms with E-state index < -0.39 is 15.8 Å². The summed E-state index contributed by atoms with van der Waals surface area (Å²) in [5.41, 5.74) is 2.88. The van der Waals surface area contributed by atoms with E-state index in [0.29, 0.717) is 17.7 Å². The summed E-state index contributed by atoms with van der Waals surface area (Å²) in [7, 11) is -3.95. The fourth-order valence-electron chi connectivity index (χ4n) is 3.85. The van der Waals surface area contributed by atoms with E-state index in [-0.39, 0.29) is 29.6 Å². The van der Waals surface area contributed by atoms with Crippen LogP contribution in [0.1, 0.15) is 29.5 Å². The molecule has 1 saturated heterocycles. The molecule has 3 aromatic rings. The number of ether oxygens (including phenoxy) is 1. The topological polar surface area (TPSA) is 79.5 Å². The van der Waals surface area contributed by atoms with E-state index in [1.165, 1.54) is 16.4 Å². The third-order valence-electron chi connectivity index (χ3n) is 5.76. The standard InChI is InChI=1S/C23H25FN2O4S/c1-15-10-17-12-18(23(27)25-22(17)11-16(15)2)13-26(14-20-4-3-9-30-20)31(28,29)21-7-5-19(24)6-8-21/h5-8,10-12,20H,3-4,9,13-14H2,1-2H3,(H,25,27)/t20-/m0/s1. The maximum atomic E-state index is 13.3. The van der Waals surface area contributed by atoms with Crippen molar-refractivity contribution in [3.8, 4) is 0 Å². The Labute approximate surface area is 180 Å². The van der Waals surface area contributed by atoms with Crippen molar-refractivity contribution in [2.75, 3.05) is 13.2 Å². The van der Waals surface area contributed by atoms with Crippen LogP contribution in [0.4, 0.5) is 4.39 Å². The van der Waals surface area contributed by atoms with Gasteiger partial charge >= 0.3 is 0 Å². The first-order valence-electron chi connectivity index (χ1n) is 10.2. The van der Waals surface area contributed by atoms with Gasteiger partial charge in [0, 0.05) is 30.8 Å². The molecule has 0 amide bonds. The number of rotatable bonds is 6. The Morgan fingerprint density at radius 2 is 1.84 bits per heavy atom. The molecular formula is C23H25FN2O4S. The number of nitrogens with one attached hydrogen (secondary N) is 1. The van der Waals surface area contributed by atoms with Crippen molar-refractivity contribution in [3.63, 3.8) is 0 Å². The second-order valence-electron chi connectivity index (χ2n) is 8.03. The Hall–Kier alpha value is -2.55. The van der Waals surface area contributed by atoms with Gasteiger partial charge in [-0.2, -0.15) is 4.31 Å². The van der Waals surface area contributed by atoms with Crippen LogP contribution in [0, 0.1) is 19.7 Å². The smallest absolute Gasteiger partial charge is 0.252 e. The SMILES string of the molecule is Cc1cc2cc(CN(C[C@@H]3CCCO3)S(=O)(=O)c3ccc(F)cc3)c(=O)[nH]c2cc1C. The second kappa shape index (κ2) is 8.53. The molecule has 1 atom stereocenters. The lowest BCUT2D eigenvalue weighted by Crippen LogP contribution is -2.38. The molecule has 0 aliphatic carbocycles. The van der Waals surface area contributed by atoms with Gasteiger partial charge in [0.25, 0.3) is 5.56 Å². The van der Waals surface area contributed by atoms with E-state index in [4.69, 9.17) is 4.74 Å². The maximum Gasteiger partial charge on any atom is 0.252 e. The summed E-state index contributed by atoms with van der Waals surface area (Å²) in [4.78, 5) is 15.6. The van der Waals surface area contributed by atoms with Crippen molar-refractivity contribution >= 4 is 20.9 Å². The lowest BCUT2D eigenvalue weighted by atomic mass is 10.0. The molecule has 1 aromatic heterocycles.